The molecule has 0 aliphatic heterocycles. The van der Waals surface area contributed by atoms with E-state index in [-0.39, 0.29) is 23.7 Å². The molecule has 0 saturated carbocycles. The second-order valence-corrected chi connectivity index (χ2v) is 13.4. The summed E-state index contributed by atoms with van der Waals surface area (Å²) in [5.41, 5.74) is 13.6. The molecule has 50 heavy (non-hydrogen) atoms. The number of ether oxygens (including phenoxy) is 1. The van der Waals surface area contributed by atoms with Crippen molar-refractivity contribution in [2.24, 2.45) is 5.92 Å². The molecule has 7 nitrogen and oxygen atoms in total. The number of phenolic OH excluding ortho intramolecular Hbond substituents is 1. The van der Waals surface area contributed by atoms with Crippen LogP contribution in [0.4, 0.5) is 5.82 Å². The highest BCUT2D eigenvalue weighted by Crippen LogP contribution is 2.32. The summed E-state index contributed by atoms with van der Waals surface area (Å²) < 4.78 is 5.38. The van der Waals surface area contributed by atoms with Gasteiger partial charge in [-0.3, -0.25) is 9.59 Å². The third-order valence-electron chi connectivity index (χ3n) is 9.17. The second kappa shape index (κ2) is 20.1. The first-order valence-corrected chi connectivity index (χ1v) is 17.9. The molecule has 0 radical (unpaired) electrons. The van der Waals surface area contributed by atoms with Gasteiger partial charge in [0.2, 0.25) is 0 Å². The van der Waals surface area contributed by atoms with Gasteiger partial charge in [0.15, 0.2) is 17.3 Å². The lowest BCUT2D eigenvalue weighted by Gasteiger charge is -2.14. The van der Waals surface area contributed by atoms with Gasteiger partial charge in [-0.2, -0.15) is 0 Å². The molecule has 0 fully saturated rings. The average Bonchev–Trinajstić information content (AvgIpc) is 3.11. The highest BCUT2D eigenvalue weighted by Gasteiger charge is 2.14. The second-order valence-electron chi connectivity index (χ2n) is 13.4. The first kappa shape index (κ1) is 38.1. The Kier molecular flexibility index (Phi) is 15.3. The molecule has 4 rings (SSSR count). The molecule has 1 aromatic heterocycles. The van der Waals surface area contributed by atoms with E-state index in [4.69, 9.17) is 10.5 Å². The molecular weight excluding hydrogens is 622 g/mol. The van der Waals surface area contributed by atoms with Crippen LogP contribution >= 0.6 is 0 Å². The molecule has 0 aliphatic carbocycles. The van der Waals surface area contributed by atoms with Crippen LogP contribution in [0.5, 0.6) is 11.5 Å². The number of nitrogens with zero attached hydrogens (tertiary/aromatic N) is 1. The minimum absolute atomic E-state index is 0.0128. The Balaban J connectivity index is 1.40. The predicted molar refractivity (Wildman–Crippen MR) is 204 cm³/mol. The van der Waals surface area contributed by atoms with Crippen molar-refractivity contribution in [3.63, 3.8) is 0 Å². The zero-order valence-electron chi connectivity index (χ0n) is 29.9. The number of nitrogens with two attached hydrogens (primary N) is 1. The Morgan fingerprint density at radius 3 is 2.34 bits per heavy atom. The quantitative estimate of drug-likeness (QED) is 0.0468. The van der Waals surface area contributed by atoms with Gasteiger partial charge in [0, 0.05) is 12.6 Å². The number of hydrogen-bond donors (Lipinski definition) is 3. The van der Waals surface area contributed by atoms with Crippen molar-refractivity contribution < 1.29 is 19.4 Å². The normalized spacial score (nSPS) is 11.9. The van der Waals surface area contributed by atoms with Crippen LogP contribution in [-0.2, 0) is 41.7 Å². The SMILES string of the molecule is CNC[C@H](C)CCCCCC(=O)CC(=O)/C=C/c1cc(OC)c(O)cc1Cc1cnc(N)cc1CCc1cccc(CCc2ccccc2)c1. The highest BCUT2D eigenvalue weighted by molar-refractivity contribution is 6.06. The van der Waals surface area contributed by atoms with Crippen LogP contribution in [0.1, 0.15) is 84.4 Å². The van der Waals surface area contributed by atoms with Crippen molar-refractivity contribution in [2.45, 2.75) is 77.6 Å². The van der Waals surface area contributed by atoms with Gasteiger partial charge >= 0.3 is 0 Å². The minimum Gasteiger partial charge on any atom is -0.504 e. The number of rotatable bonds is 21. The number of aromatic nitrogens is 1. The van der Waals surface area contributed by atoms with E-state index in [1.807, 2.05) is 19.2 Å². The standard InChI is InChI=1S/C43H53N3O4/c1-31(29-45-2)11-6-4-9-16-39(47)28-40(48)22-21-35-26-42(50-3)41(49)25-37(35)24-38-30-46-43(44)27-36(38)20-19-34-15-10-14-33(23-34)18-17-32-12-7-5-8-13-32/h5,7-8,10,12-15,21-23,25-27,30-31,45,49H,4,6,9,11,16-20,24,28-29H2,1-3H3,(H2,44,46)/b22-21+/t31-/m1/s1. The van der Waals surface area contributed by atoms with Crippen molar-refractivity contribution in [2.75, 3.05) is 26.4 Å². The lowest BCUT2D eigenvalue weighted by atomic mass is 9.93. The van der Waals surface area contributed by atoms with E-state index >= 15 is 0 Å². The van der Waals surface area contributed by atoms with Gasteiger partial charge in [0.25, 0.3) is 0 Å². The first-order chi connectivity index (χ1) is 24.2. The van der Waals surface area contributed by atoms with Crippen molar-refractivity contribution >= 4 is 23.5 Å². The molecule has 1 heterocycles. The van der Waals surface area contributed by atoms with E-state index in [9.17, 15) is 14.7 Å². The number of methoxy groups -OCH3 is 1. The van der Waals surface area contributed by atoms with E-state index in [2.05, 4.69) is 65.8 Å². The summed E-state index contributed by atoms with van der Waals surface area (Å²) in [4.78, 5) is 29.7. The number of carbonyl (C=O) groups excluding carboxylic acids is 2. The van der Waals surface area contributed by atoms with E-state index in [1.54, 1.807) is 24.4 Å². The lowest BCUT2D eigenvalue weighted by molar-refractivity contribution is -0.124. The molecule has 7 heteroatoms. The number of benzene rings is 3. The van der Waals surface area contributed by atoms with Crippen LogP contribution in [0.25, 0.3) is 6.08 Å². The maximum absolute atomic E-state index is 12.8. The fraction of sp³-hybridized carbons (Fsp3) is 0.372. The number of aryl methyl sites for hydroxylation is 4. The Hall–Kier alpha value is -4.75. The van der Waals surface area contributed by atoms with E-state index in [1.165, 1.54) is 29.9 Å². The van der Waals surface area contributed by atoms with Gasteiger partial charge in [0.1, 0.15) is 11.6 Å². The molecule has 264 valence electrons. The molecule has 0 unspecified atom stereocenters. The molecule has 0 saturated heterocycles. The van der Waals surface area contributed by atoms with Crippen LogP contribution in [0.15, 0.2) is 85.1 Å². The van der Waals surface area contributed by atoms with Crippen LogP contribution in [0.3, 0.4) is 0 Å². The third-order valence-corrected chi connectivity index (χ3v) is 9.17. The number of unbranched alkanes of at least 4 members (excludes halogenated alkanes) is 2. The van der Waals surface area contributed by atoms with Crippen LogP contribution in [0.2, 0.25) is 0 Å². The van der Waals surface area contributed by atoms with Crippen molar-refractivity contribution in [1.82, 2.24) is 10.3 Å². The largest absolute Gasteiger partial charge is 0.504 e. The van der Waals surface area contributed by atoms with Gasteiger partial charge in [-0.15, -0.1) is 0 Å². The monoisotopic (exact) mass is 675 g/mol. The summed E-state index contributed by atoms with van der Waals surface area (Å²) in [7, 11) is 3.45. The van der Waals surface area contributed by atoms with E-state index < -0.39 is 0 Å². The molecule has 4 N–H and O–H groups in total. The molecule has 3 aromatic carbocycles. The number of allylic oxidation sites excluding steroid dienone is 1. The number of nitrogen functional groups attached to an aromatic ring is 1. The number of pyridine rings is 1. The molecule has 0 amide bonds. The molecule has 1 atom stereocenters. The number of Topliss-reactive ketones (excluding diaryl/α,β-unsaturated/α-hetero) is 1. The third kappa shape index (κ3) is 12.6. The van der Waals surface area contributed by atoms with Crippen LogP contribution < -0.4 is 15.8 Å². The van der Waals surface area contributed by atoms with Gasteiger partial charge < -0.3 is 20.9 Å². The van der Waals surface area contributed by atoms with E-state index in [0.717, 1.165) is 80.2 Å². The summed E-state index contributed by atoms with van der Waals surface area (Å²) in [6.45, 7) is 3.22. The lowest BCUT2D eigenvalue weighted by Crippen LogP contribution is -2.15. The van der Waals surface area contributed by atoms with Crippen molar-refractivity contribution in [3.8, 4) is 11.5 Å². The number of nitrogens with one attached hydrogen (secondary N) is 1. The summed E-state index contributed by atoms with van der Waals surface area (Å²) in [6.07, 6.45) is 13.3. The molecular formula is C43H53N3O4. The van der Waals surface area contributed by atoms with Gasteiger partial charge in [-0.1, -0.05) is 80.4 Å². The molecule has 0 bridgehead atoms. The number of aromatic hydroxyl groups is 1. The zero-order chi connectivity index (χ0) is 35.7. The van der Waals surface area contributed by atoms with Crippen LogP contribution in [-0.4, -0.2) is 42.4 Å². The topological polar surface area (TPSA) is 115 Å². The fourth-order valence-electron chi connectivity index (χ4n) is 6.36. The fourth-order valence-corrected chi connectivity index (χ4v) is 6.36. The van der Waals surface area contributed by atoms with Gasteiger partial charge in [-0.05, 0) is 128 Å². The summed E-state index contributed by atoms with van der Waals surface area (Å²) in [5, 5.41) is 13.9. The predicted octanol–water partition coefficient (Wildman–Crippen LogP) is 7.89. The van der Waals surface area contributed by atoms with Crippen molar-refractivity contribution in [1.29, 1.82) is 0 Å². The maximum Gasteiger partial charge on any atom is 0.163 e. The smallest absolute Gasteiger partial charge is 0.163 e. The number of anilines is 1. The number of phenols is 1. The van der Waals surface area contributed by atoms with Gasteiger partial charge in [-0.25, -0.2) is 4.98 Å². The zero-order valence-corrected chi connectivity index (χ0v) is 29.9. The maximum atomic E-state index is 12.8. The Labute approximate surface area is 298 Å². The molecule has 0 aliphatic rings. The summed E-state index contributed by atoms with van der Waals surface area (Å²) in [6, 6.07) is 24.6. The Morgan fingerprint density at radius 1 is 0.880 bits per heavy atom. The minimum atomic E-state index is -0.239. The molecule has 4 aromatic rings. The first-order valence-electron chi connectivity index (χ1n) is 17.9. The Morgan fingerprint density at radius 2 is 1.60 bits per heavy atom. The van der Waals surface area contributed by atoms with Gasteiger partial charge in [0.05, 0.1) is 13.5 Å². The number of hydrogen-bond acceptors (Lipinski definition) is 7. The number of ketones is 2. The molecule has 0 spiro atoms. The van der Waals surface area contributed by atoms with Crippen molar-refractivity contribution in [3.05, 3.63) is 124 Å². The Bertz CT molecular complexity index is 1720. The van der Waals surface area contributed by atoms with E-state index in [0.29, 0.717) is 30.3 Å². The summed E-state index contributed by atoms with van der Waals surface area (Å²) in [5.74, 6) is 1.12. The summed E-state index contributed by atoms with van der Waals surface area (Å²) >= 11 is 0. The number of carbonyl (C=O) groups is 2. The highest BCUT2D eigenvalue weighted by atomic mass is 16.5. The van der Waals surface area contributed by atoms with Crippen LogP contribution in [0, 0.1) is 5.92 Å². The average molecular weight is 676 g/mol.